The first kappa shape index (κ1) is 8.05. The van der Waals surface area contributed by atoms with Crippen LogP contribution in [0.15, 0.2) is 0 Å². The highest BCUT2D eigenvalue weighted by Crippen LogP contribution is 2.54. The molecule has 0 aliphatic heterocycles. The van der Waals surface area contributed by atoms with E-state index in [-0.39, 0.29) is 11.9 Å². The number of hydrogen-bond donors (Lipinski definition) is 1. The van der Waals surface area contributed by atoms with E-state index in [1.807, 2.05) is 6.92 Å². The van der Waals surface area contributed by atoms with Gasteiger partial charge in [0.05, 0.1) is 12.5 Å². The third-order valence-electron chi connectivity index (χ3n) is 2.87. The van der Waals surface area contributed by atoms with Crippen molar-refractivity contribution < 1.29 is 9.53 Å². The predicted octanol–water partition coefficient (Wildman–Crippen LogP) is 0.533. The summed E-state index contributed by atoms with van der Waals surface area (Å²) in [5.74, 6) is 1.35. The Morgan fingerprint density at radius 1 is 1.50 bits per heavy atom. The van der Waals surface area contributed by atoms with Crippen LogP contribution in [0.2, 0.25) is 0 Å². The second-order valence-corrected chi connectivity index (χ2v) is 3.82. The normalized spacial score (nSPS) is 43.8. The molecule has 0 unspecified atom stereocenters. The van der Waals surface area contributed by atoms with E-state index in [4.69, 9.17) is 10.5 Å². The van der Waals surface area contributed by atoms with E-state index < -0.39 is 0 Å². The Hall–Kier alpha value is -0.570. The standard InChI is InChI=1S/C9H15NO2/c1-2-12-9(11)7-3-5(7)6-4-8(6)10/h5-8H,2-4,10H2,1H3/t5-,6+,7-,8+/m1/s1. The van der Waals surface area contributed by atoms with Crippen LogP contribution in [-0.2, 0) is 9.53 Å². The van der Waals surface area contributed by atoms with Gasteiger partial charge in [0.1, 0.15) is 0 Å². The van der Waals surface area contributed by atoms with Gasteiger partial charge in [-0.15, -0.1) is 0 Å². The Labute approximate surface area is 72.3 Å². The fourth-order valence-electron chi connectivity index (χ4n) is 1.94. The molecule has 0 radical (unpaired) electrons. The van der Waals surface area contributed by atoms with E-state index in [2.05, 4.69) is 0 Å². The molecular weight excluding hydrogens is 154 g/mol. The average Bonchev–Trinajstić information content (AvgIpc) is 2.82. The van der Waals surface area contributed by atoms with Gasteiger partial charge in [0.2, 0.25) is 0 Å². The Kier molecular flexibility index (Phi) is 1.83. The van der Waals surface area contributed by atoms with Crippen LogP contribution in [0.5, 0.6) is 0 Å². The molecule has 4 atom stereocenters. The summed E-state index contributed by atoms with van der Waals surface area (Å²) in [5.41, 5.74) is 5.69. The summed E-state index contributed by atoms with van der Waals surface area (Å²) in [4.78, 5) is 11.2. The topological polar surface area (TPSA) is 52.3 Å². The van der Waals surface area contributed by atoms with Gasteiger partial charge in [-0.2, -0.15) is 0 Å². The maximum Gasteiger partial charge on any atom is 0.309 e. The summed E-state index contributed by atoms with van der Waals surface area (Å²) in [6.07, 6.45) is 2.12. The third-order valence-corrected chi connectivity index (χ3v) is 2.87. The summed E-state index contributed by atoms with van der Waals surface area (Å²) in [6, 6.07) is 0.370. The summed E-state index contributed by atoms with van der Waals surface area (Å²) in [5, 5.41) is 0. The molecule has 3 nitrogen and oxygen atoms in total. The first-order valence-electron chi connectivity index (χ1n) is 4.66. The van der Waals surface area contributed by atoms with Crippen molar-refractivity contribution in [3.8, 4) is 0 Å². The molecule has 2 aliphatic rings. The second-order valence-electron chi connectivity index (χ2n) is 3.82. The zero-order valence-corrected chi connectivity index (χ0v) is 7.32. The minimum Gasteiger partial charge on any atom is -0.466 e. The maximum absolute atomic E-state index is 11.2. The number of carbonyl (C=O) groups excluding carboxylic acids is 1. The van der Waals surface area contributed by atoms with Crippen LogP contribution >= 0.6 is 0 Å². The first-order valence-corrected chi connectivity index (χ1v) is 4.66. The molecule has 68 valence electrons. The molecule has 0 aromatic heterocycles. The van der Waals surface area contributed by atoms with Gasteiger partial charge in [0.25, 0.3) is 0 Å². The van der Waals surface area contributed by atoms with Gasteiger partial charge < -0.3 is 10.5 Å². The highest BCUT2D eigenvalue weighted by Gasteiger charge is 2.55. The fourth-order valence-corrected chi connectivity index (χ4v) is 1.94. The fraction of sp³-hybridized carbons (Fsp3) is 0.889. The van der Waals surface area contributed by atoms with Crippen molar-refractivity contribution in [3.63, 3.8) is 0 Å². The van der Waals surface area contributed by atoms with Crippen LogP contribution in [0, 0.1) is 17.8 Å². The van der Waals surface area contributed by atoms with Gasteiger partial charge in [-0.1, -0.05) is 0 Å². The van der Waals surface area contributed by atoms with E-state index in [9.17, 15) is 4.79 Å². The molecule has 0 aromatic rings. The summed E-state index contributed by atoms with van der Waals surface area (Å²) < 4.78 is 4.93. The summed E-state index contributed by atoms with van der Waals surface area (Å²) in [6.45, 7) is 2.34. The highest BCUT2D eigenvalue weighted by molar-refractivity contribution is 5.75. The van der Waals surface area contributed by atoms with Crippen LogP contribution in [0.4, 0.5) is 0 Å². The molecule has 0 aromatic carbocycles. The molecule has 0 spiro atoms. The lowest BCUT2D eigenvalue weighted by Gasteiger charge is -1.99. The Morgan fingerprint density at radius 3 is 2.67 bits per heavy atom. The molecular formula is C9H15NO2. The number of ether oxygens (including phenoxy) is 1. The van der Waals surface area contributed by atoms with Crippen LogP contribution < -0.4 is 5.73 Å². The smallest absolute Gasteiger partial charge is 0.309 e. The van der Waals surface area contributed by atoms with Gasteiger partial charge in [0.15, 0.2) is 0 Å². The molecule has 0 amide bonds. The molecule has 0 saturated heterocycles. The molecule has 12 heavy (non-hydrogen) atoms. The quantitative estimate of drug-likeness (QED) is 0.627. The Balaban J connectivity index is 1.76. The third kappa shape index (κ3) is 1.33. The van der Waals surface area contributed by atoms with Crippen molar-refractivity contribution in [2.45, 2.75) is 25.8 Å². The lowest BCUT2D eigenvalue weighted by atomic mass is 10.2. The minimum absolute atomic E-state index is 0.0124. The van der Waals surface area contributed by atoms with Crippen molar-refractivity contribution >= 4 is 5.97 Å². The number of esters is 1. The zero-order chi connectivity index (χ0) is 8.72. The van der Waals surface area contributed by atoms with E-state index in [0.29, 0.717) is 24.5 Å². The SMILES string of the molecule is CCOC(=O)[C@@H]1C[C@@H]1[C@@H]1C[C@@H]1N. The molecule has 2 rings (SSSR count). The van der Waals surface area contributed by atoms with Crippen molar-refractivity contribution in [1.29, 1.82) is 0 Å². The van der Waals surface area contributed by atoms with Crippen LogP contribution in [-0.4, -0.2) is 18.6 Å². The van der Waals surface area contributed by atoms with E-state index in [1.165, 1.54) is 0 Å². The van der Waals surface area contributed by atoms with Crippen molar-refractivity contribution in [3.05, 3.63) is 0 Å². The number of nitrogens with two attached hydrogens (primary N) is 1. The van der Waals surface area contributed by atoms with E-state index in [0.717, 1.165) is 12.8 Å². The minimum atomic E-state index is -0.0124. The summed E-state index contributed by atoms with van der Waals surface area (Å²) in [7, 11) is 0. The second kappa shape index (κ2) is 2.73. The van der Waals surface area contributed by atoms with Crippen LogP contribution in [0.3, 0.4) is 0 Å². The van der Waals surface area contributed by atoms with Crippen LogP contribution in [0.25, 0.3) is 0 Å². The zero-order valence-electron chi connectivity index (χ0n) is 7.32. The highest BCUT2D eigenvalue weighted by atomic mass is 16.5. The molecule has 0 heterocycles. The number of hydrogen-bond acceptors (Lipinski definition) is 3. The monoisotopic (exact) mass is 169 g/mol. The first-order chi connectivity index (χ1) is 5.74. The Bertz CT molecular complexity index is 205. The molecule has 2 saturated carbocycles. The van der Waals surface area contributed by atoms with Crippen molar-refractivity contribution in [2.24, 2.45) is 23.5 Å². The largest absolute Gasteiger partial charge is 0.466 e. The van der Waals surface area contributed by atoms with Gasteiger partial charge in [-0.25, -0.2) is 0 Å². The number of rotatable bonds is 3. The lowest BCUT2D eigenvalue weighted by Crippen LogP contribution is -2.10. The Morgan fingerprint density at radius 2 is 2.17 bits per heavy atom. The molecule has 2 fully saturated rings. The molecule has 0 bridgehead atoms. The average molecular weight is 169 g/mol. The molecule has 2 N–H and O–H groups in total. The van der Waals surface area contributed by atoms with E-state index >= 15 is 0 Å². The van der Waals surface area contributed by atoms with Crippen molar-refractivity contribution in [1.82, 2.24) is 0 Å². The molecule has 2 aliphatic carbocycles. The molecule has 3 heteroatoms. The van der Waals surface area contributed by atoms with Gasteiger partial charge in [-0.05, 0) is 31.6 Å². The van der Waals surface area contributed by atoms with Crippen molar-refractivity contribution in [2.75, 3.05) is 6.61 Å². The maximum atomic E-state index is 11.2. The number of carbonyl (C=O) groups is 1. The van der Waals surface area contributed by atoms with Gasteiger partial charge >= 0.3 is 5.97 Å². The van der Waals surface area contributed by atoms with Crippen LogP contribution in [0.1, 0.15) is 19.8 Å². The van der Waals surface area contributed by atoms with Gasteiger partial charge in [-0.3, -0.25) is 4.79 Å². The van der Waals surface area contributed by atoms with E-state index in [1.54, 1.807) is 0 Å². The van der Waals surface area contributed by atoms with Gasteiger partial charge in [0, 0.05) is 6.04 Å². The predicted molar refractivity (Wildman–Crippen MR) is 44.3 cm³/mol. The summed E-state index contributed by atoms with van der Waals surface area (Å²) >= 11 is 0. The lowest BCUT2D eigenvalue weighted by molar-refractivity contribution is -0.145.